The molecule has 0 spiro atoms. The molecule has 4 rings (SSSR count). The minimum absolute atomic E-state index is 0.496. The molecule has 24 heavy (non-hydrogen) atoms. The lowest BCUT2D eigenvalue weighted by Gasteiger charge is -2.33. The topological polar surface area (TPSA) is 29.0 Å². The SMILES string of the molecule is C[C@@H]1CCCCN1c1nc(-c2ccccc2)c2cc(Br)ccc2n1. The van der Waals surface area contributed by atoms with Gasteiger partial charge in [-0.3, -0.25) is 0 Å². The first-order valence-corrected chi connectivity index (χ1v) is 9.31. The van der Waals surface area contributed by atoms with Crippen molar-refractivity contribution in [2.45, 2.75) is 32.2 Å². The molecule has 0 bridgehead atoms. The van der Waals surface area contributed by atoms with E-state index < -0.39 is 0 Å². The standard InChI is InChI=1S/C20H20BrN3/c1-14-7-5-6-12-24(14)20-22-18-11-10-16(21)13-17(18)19(23-20)15-8-3-2-4-9-15/h2-4,8-11,13-14H,5-7,12H2,1H3/t14-/m1/s1. The van der Waals surface area contributed by atoms with E-state index in [2.05, 4.69) is 64.2 Å². The minimum Gasteiger partial charge on any atom is -0.338 e. The number of anilines is 1. The van der Waals surface area contributed by atoms with E-state index in [1.54, 1.807) is 0 Å². The van der Waals surface area contributed by atoms with Crippen molar-refractivity contribution in [3.8, 4) is 11.3 Å². The summed E-state index contributed by atoms with van der Waals surface area (Å²) < 4.78 is 1.05. The van der Waals surface area contributed by atoms with Crippen molar-refractivity contribution >= 4 is 32.8 Å². The molecule has 1 fully saturated rings. The third-order valence-electron chi connectivity index (χ3n) is 4.75. The molecule has 0 aliphatic carbocycles. The van der Waals surface area contributed by atoms with Crippen molar-refractivity contribution in [3.05, 3.63) is 53.0 Å². The first kappa shape index (κ1) is 15.6. The van der Waals surface area contributed by atoms with E-state index in [1.807, 2.05) is 12.1 Å². The van der Waals surface area contributed by atoms with Gasteiger partial charge in [0, 0.05) is 28.0 Å². The van der Waals surface area contributed by atoms with Gasteiger partial charge in [0.1, 0.15) is 0 Å². The van der Waals surface area contributed by atoms with E-state index in [4.69, 9.17) is 9.97 Å². The van der Waals surface area contributed by atoms with Gasteiger partial charge in [0.2, 0.25) is 5.95 Å². The van der Waals surface area contributed by atoms with E-state index in [1.165, 1.54) is 19.3 Å². The van der Waals surface area contributed by atoms with Gasteiger partial charge in [-0.05, 0) is 44.4 Å². The normalized spacial score (nSPS) is 18.1. The van der Waals surface area contributed by atoms with Crippen LogP contribution >= 0.6 is 15.9 Å². The number of fused-ring (bicyclic) bond motifs is 1. The molecule has 0 N–H and O–H groups in total. The molecule has 1 saturated heterocycles. The summed E-state index contributed by atoms with van der Waals surface area (Å²) in [4.78, 5) is 12.2. The number of hydrogen-bond donors (Lipinski definition) is 0. The predicted octanol–water partition coefficient (Wildman–Crippen LogP) is 5.44. The fourth-order valence-electron chi connectivity index (χ4n) is 3.43. The van der Waals surface area contributed by atoms with Crippen LogP contribution < -0.4 is 4.90 Å². The number of aromatic nitrogens is 2. The van der Waals surface area contributed by atoms with Gasteiger partial charge in [-0.25, -0.2) is 9.97 Å². The fraction of sp³-hybridized carbons (Fsp3) is 0.300. The lowest BCUT2D eigenvalue weighted by Crippen LogP contribution is -2.38. The van der Waals surface area contributed by atoms with E-state index in [-0.39, 0.29) is 0 Å². The van der Waals surface area contributed by atoms with Crippen LogP contribution in [0.15, 0.2) is 53.0 Å². The summed E-state index contributed by atoms with van der Waals surface area (Å²) in [7, 11) is 0. The van der Waals surface area contributed by atoms with Crippen molar-refractivity contribution in [2.24, 2.45) is 0 Å². The van der Waals surface area contributed by atoms with Crippen molar-refractivity contribution in [2.75, 3.05) is 11.4 Å². The number of halogens is 1. The molecule has 2 aromatic carbocycles. The summed E-state index contributed by atoms with van der Waals surface area (Å²) in [5.41, 5.74) is 3.14. The maximum atomic E-state index is 4.98. The van der Waals surface area contributed by atoms with E-state index in [9.17, 15) is 0 Å². The number of nitrogens with zero attached hydrogens (tertiary/aromatic N) is 3. The van der Waals surface area contributed by atoms with Crippen LogP contribution in [0.4, 0.5) is 5.95 Å². The van der Waals surface area contributed by atoms with Gasteiger partial charge in [-0.2, -0.15) is 0 Å². The molecule has 3 nitrogen and oxygen atoms in total. The Morgan fingerprint density at radius 2 is 1.88 bits per heavy atom. The largest absolute Gasteiger partial charge is 0.338 e. The molecule has 2 heterocycles. The van der Waals surface area contributed by atoms with Gasteiger partial charge in [-0.15, -0.1) is 0 Å². The minimum atomic E-state index is 0.496. The highest BCUT2D eigenvalue weighted by Crippen LogP contribution is 2.31. The monoisotopic (exact) mass is 381 g/mol. The first-order chi connectivity index (χ1) is 11.7. The van der Waals surface area contributed by atoms with Crippen LogP contribution in [0.5, 0.6) is 0 Å². The van der Waals surface area contributed by atoms with Gasteiger partial charge in [0.05, 0.1) is 11.2 Å². The summed E-state index contributed by atoms with van der Waals surface area (Å²) in [6, 6.07) is 17.1. The molecular weight excluding hydrogens is 362 g/mol. The van der Waals surface area contributed by atoms with Crippen LogP contribution in [0.3, 0.4) is 0 Å². The molecule has 3 aromatic rings. The summed E-state index contributed by atoms with van der Waals surface area (Å²) in [6.45, 7) is 3.31. The second-order valence-electron chi connectivity index (χ2n) is 6.44. The highest BCUT2D eigenvalue weighted by molar-refractivity contribution is 9.10. The fourth-order valence-corrected chi connectivity index (χ4v) is 3.79. The highest BCUT2D eigenvalue weighted by atomic mass is 79.9. The second kappa shape index (κ2) is 6.52. The Hall–Kier alpha value is -1.94. The van der Waals surface area contributed by atoms with E-state index in [0.29, 0.717) is 6.04 Å². The van der Waals surface area contributed by atoms with Crippen LogP contribution in [-0.4, -0.2) is 22.6 Å². The molecule has 122 valence electrons. The van der Waals surface area contributed by atoms with Crippen LogP contribution in [0.2, 0.25) is 0 Å². The van der Waals surface area contributed by atoms with E-state index >= 15 is 0 Å². The number of hydrogen-bond acceptors (Lipinski definition) is 3. The van der Waals surface area contributed by atoms with Gasteiger partial charge in [0.25, 0.3) is 0 Å². The average Bonchev–Trinajstić information content (AvgIpc) is 2.62. The molecule has 0 saturated carbocycles. The molecule has 4 heteroatoms. The van der Waals surface area contributed by atoms with Crippen LogP contribution in [0, 0.1) is 0 Å². The maximum Gasteiger partial charge on any atom is 0.226 e. The van der Waals surface area contributed by atoms with Gasteiger partial charge in [0.15, 0.2) is 0 Å². The molecule has 0 unspecified atom stereocenters. The number of piperidine rings is 1. The van der Waals surface area contributed by atoms with E-state index in [0.717, 1.165) is 39.1 Å². The van der Waals surface area contributed by atoms with Gasteiger partial charge in [-0.1, -0.05) is 46.3 Å². The second-order valence-corrected chi connectivity index (χ2v) is 7.35. The summed E-state index contributed by atoms with van der Waals surface area (Å²) in [5, 5.41) is 1.09. The Balaban J connectivity index is 1.92. The maximum absolute atomic E-state index is 4.98. The quantitative estimate of drug-likeness (QED) is 0.591. The summed E-state index contributed by atoms with van der Waals surface area (Å²) in [5.74, 6) is 0.857. The average molecular weight is 382 g/mol. The molecule has 1 aliphatic rings. The highest BCUT2D eigenvalue weighted by Gasteiger charge is 2.22. The molecule has 0 amide bonds. The number of benzene rings is 2. The van der Waals surface area contributed by atoms with Crippen LogP contribution in [-0.2, 0) is 0 Å². The zero-order valence-corrected chi connectivity index (χ0v) is 15.3. The lowest BCUT2D eigenvalue weighted by molar-refractivity contribution is 0.478. The van der Waals surface area contributed by atoms with Crippen molar-refractivity contribution < 1.29 is 0 Å². The van der Waals surface area contributed by atoms with Gasteiger partial charge < -0.3 is 4.90 Å². The predicted molar refractivity (Wildman–Crippen MR) is 103 cm³/mol. The zero-order valence-electron chi connectivity index (χ0n) is 13.7. The molecule has 1 aromatic heterocycles. The van der Waals surface area contributed by atoms with Crippen molar-refractivity contribution in [1.82, 2.24) is 9.97 Å². The van der Waals surface area contributed by atoms with Gasteiger partial charge >= 0.3 is 0 Å². The summed E-state index contributed by atoms with van der Waals surface area (Å²) in [6.07, 6.45) is 3.72. The number of rotatable bonds is 2. The Kier molecular flexibility index (Phi) is 4.23. The smallest absolute Gasteiger partial charge is 0.226 e. The van der Waals surface area contributed by atoms with Crippen LogP contribution in [0.25, 0.3) is 22.2 Å². The Bertz CT molecular complexity index is 863. The van der Waals surface area contributed by atoms with Crippen molar-refractivity contribution in [1.29, 1.82) is 0 Å². The molecule has 0 radical (unpaired) electrons. The van der Waals surface area contributed by atoms with Crippen molar-refractivity contribution in [3.63, 3.8) is 0 Å². The lowest BCUT2D eigenvalue weighted by atomic mass is 10.0. The Morgan fingerprint density at radius 1 is 1.04 bits per heavy atom. The first-order valence-electron chi connectivity index (χ1n) is 8.52. The molecular formula is C20H20BrN3. The third kappa shape index (κ3) is 2.91. The van der Waals surface area contributed by atoms with Crippen LogP contribution in [0.1, 0.15) is 26.2 Å². The Morgan fingerprint density at radius 3 is 2.67 bits per heavy atom. The zero-order chi connectivity index (χ0) is 16.5. The Labute approximate surface area is 150 Å². The molecule has 1 aliphatic heterocycles. The third-order valence-corrected chi connectivity index (χ3v) is 5.25. The summed E-state index contributed by atoms with van der Waals surface area (Å²) >= 11 is 3.58. The molecule has 1 atom stereocenters.